The van der Waals surface area contributed by atoms with Gasteiger partial charge in [-0.25, -0.2) is 4.79 Å². The molecule has 8 nitrogen and oxygen atoms in total. The highest BCUT2D eigenvalue weighted by Crippen LogP contribution is 2.12. The van der Waals surface area contributed by atoms with Gasteiger partial charge < -0.3 is 23.8 Å². The molecule has 0 rings (SSSR count). The molecule has 0 aliphatic rings. The van der Waals surface area contributed by atoms with E-state index in [-0.39, 0.29) is 49.1 Å². The highest BCUT2D eigenvalue weighted by atomic mass is 16.6. The van der Waals surface area contributed by atoms with Gasteiger partial charge in [-0.1, -0.05) is 174 Å². The molecule has 0 fully saturated rings. The van der Waals surface area contributed by atoms with Crippen LogP contribution in [-0.2, 0) is 28.6 Å². The summed E-state index contributed by atoms with van der Waals surface area (Å²) in [5, 5.41) is 9.64. The van der Waals surface area contributed by atoms with Crippen LogP contribution in [0.15, 0.2) is 122 Å². The van der Waals surface area contributed by atoms with Crippen LogP contribution in [0.4, 0.5) is 0 Å². The molecule has 0 heterocycles. The lowest BCUT2D eigenvalue weighted by Gasteiger charge is -2.31. The topological polar surface area (TPSA) is 99.1 Å². The number of unbranched alkanes of at least 4 members (excludes halogenated alkanes) is 11. The number of rotatable bonds is 41. The van der Waals surface area contributed by atoms with Gasteiger partial charge in [-0.15, -0.1) is 0 Å². The number of carboxylic acid groups (broad SMARTS) is 1. The molecule has 0 aliphatic heterocycles. The normalized spacial score (nSPS) is 14.0. The summed E-state index contributed by atoms with van der Waals surface area (Å²) in [5.74, 6) is -1.57. The van der Waals surface area contributed by atoms with Crippen molar-refractivity contribution in [2.45, 2.75) is 167 Å². The molecule has 63 heavy (non-hydrogen) atoms. The first-order valence-electron chi connectivity index (χ1n) is 24.1. The molecule has 1 N–H and O–H groups in total. The number of carbonyl (C=O) groups excluding carboxylic acids is 2. The predicted octanol–water partition coefficient (Wildman–Crippen LogP) is 13.8. The standard InChI is InChI=1S/C55H87NO7/c1-6-8-10-12-14-16-18-20-22-24-26-27-28-30-31-33-35-37-39-41-43-45-53(57)62-50-51(49-61-48-47-52(55(59)60)56(3,4)5)63-54(58)46-44-42-40-38-36-34-32-29-25-23-21-19-17-15-13-11-9-7-2/h11,13-17,19-23,25-27,29-32,35,37,51-52H,6-10,12,18,24,28,33-34,36,38-50H2,1-5H3/p+1/b13-11+,16-14+,17-15+,21-19+,22-20+,25-23+,27-26+,31-30+,32-29+,37-35+. The van der Waals surface area contributed by atoms with Crippen molar-refractivity contribution in [1.29, 1.82) is 0 Å². The van der Waals surface area contributed by atoms with Crippen LogP contribution in [-0.4, -0.2) is 80.6 Å². The minimum absolute atomic E-state index is 0.0273. The summed E-state index contributed by atoms with van der Waals surface area (Å²) in [4.78, 5) is 37.1. The third-order valence-electron chi connectivity index (χ3n) is 9.94. The summed E-state index contributed by atoms with van der Waals surface area (Å²) in [6, 6.07) is -0.635. The van der Waals surface area contributed by atoms with Crippen LogP contribution in [0.2, 0.25) is 0 Å². The van der Waals surface area contributed by atoms with Crippen molar-refractivity contribution in [1.82, 2.24) is 0 Å². The summed E-state index contributed by atoms with van der Waals surface area (Å²) < 4.78 is 17.2. The van der Waals surface area contributed by atoms with Crippen molar-refractivity contribution < 1.29 is 38.2 Å². The fourth-order valence-electron chi connectivity index (χ4n) is 6.20. The molecule has 2 unspecified atom stereocenters. The second kappa shape index (κ2) is 44.3. The molecule has 0 spiro atoms. The van der Waals surface area contributed by atoms with Crippen molar-refractivity contribution in [2.75, 3.05) is 41.0 Å². The lowest BCUT2D eigenvalue weighted by Crippen LogP contribution is -2.50. The lowest BCUT2D eigenvalue weighted by atomic mass is 10.1. The highest BCUT2D eigenvalue weighted by molar-refractivity contribution is 5.72. The molecular weight excluding hydrogens is 787 g/mol. The number of nitrogens with zero attached hydrogens (tertiary/aromatic N) is 1. The zero-order valence-corrected chi connectivity index (χ0v) is 40.2. The van der Waals surface area contributed by atoms with E-state index in [1.807, 2.05) is 57.6 Å². The van der Waals surface area contributed by atoms with Gasteiger partial charge in [0, 0.05) is 19.3 Å². The third-order valence-corrected chi connectivity index (χ3v) is 9.94. The number of hydrogen-bond donors (Lipinski definition) is 1. The molecule has 0 bridgehead atoms. The van der Waals surface area contributed by atoms with E-state index in [1.54, 1.807) is 0 Å². The fraction of sp³-hybridized carbons (Fsp3) is 0.582. The van der Waals surface area contributed by atoms with Gasteiger partial charge >= 0.3 is 17.9 Å². The van der Waals surface area contributed by atoms with E-state index in [4.69, 9.17) is 14.2 Å². The third kappa shape index (κ3) is 42.8. The molecule has 2 atom stereocenters. The Labute approximate surface area is 384 Å². The van der Waals surface area contributed by atoms with Crippen LogP contribution >= 0.6 is 0 Å². The number of likely N-dealkylation sites (N-methyl/N-ethyl adjacent to an activating group) is 1. The molecule has 0 aromatic rings. The molecule has 0 aromatic carbocycles. The second-order valence-electron chi connectivity index (χ2n) is 16.8. The van der Waals surface area contributed by atoms with Crippen LogP contribution < -0.4 is 0 Å². The fourth-order valence-corrected chi connectivity index (χ4v) is 6.20. The molecule has 0 aliphatic carbocycles. The molecule has 0 saturated heterocycles. The van der Waals surface area contributed by atoms with Crippen LogP contribution in [0, 0.1) is 0 Å². The number of quaternary nitrogens is 1. The second-order valence-corrected chi connectivity index (χ2v) is 16.8. The maximum absolute atomic E-state index is 12.8. The summed E-state index contributed by atoms with van der Waals surface area (Å²) in [6.45, 7) is 4.52. The van der Waals surface area contributed by atoms with Gasteiger partial charge in [-0.2, -0.15) is 0 Å². The molecule has 354 valence electrons. The zero-order chi connectivity index (χ0) is 46.3. The number of carbonyl (C=O) groups is 3. The first kappa shape index (κ1) is 58.7. The van der Waals surface area contributed by atoms with Gasteiger partial charge in [0.1, 0.15) is 6.61 Å². The van der Waals surface area contributed by atoms with E-state index in [2.05, 4.69) is 98.9 Å². The molecule has 8 heteroatoms. The van der Waals surface area contributed by atoms with E-state index in [0.29, 0.717) is 12.8 Å². The summed E-state index contributed by atoms with van der Waals surface area (Å²) in [6.07, 6.45) is 62.4. The Morgan fingerprint density at radius 2 is 0.937 bits per heavy atom. The van der Waals surface area contributed by atoms with Crippen LogP contribution in [0.1, 0.15) is 155 Å². The smallest absolute Gasteiger partial charge is 0.362 e. The van der Waals surface area contributed by atoms with Crippen LogP contribution in [0.25, 0.3) is 0 Å². The highest BCUT2D eigenvalue weighted by Gasteiger charge is 2.31. The minimum Gasteiger partial charge on any atom is -0.477 e. The number of hydrogen-bond acceptors (Lipinski definition) is 6. The minimum atomic E-state index is -0.892. The van der Waals surface area contributed by atoms with E-state index in [1.165, 1.54) is 32.1 Å². The summed E-state index contributed by atoms with van der Waals surface area (Å²) in [5.41, 5.74) is 0. The number of carboxylic acids is 1. The average molecular weight is 875 g/mol. The lowest BCUT2D eigenvalue weighted by molar-refractivity contribution is -0.887. The first-order chi connectivity index (χ1) is 30.6. The Hall–Kier alpha value is -4.27. The Morgan fingerprint density at radius 3 is 1.48 bits per heavy atom. The molecule has 0 amide bonds. The van der Waals surface area contributed by atoms with Crippen molar-refractivity contribution in [3.05, 3.63) is 122 Å². The van der Waals surface area contributed by atoms with E-state index in [0.717, 1.165) is 83.5 Å². The number of esters is 2. The van der Waals surface area contributed by atoms with Crippen molar-refractivity contribution >= 4 is 17.9 Å². The van der Waals surface area contributed by atoms with Gasteiger partial charge in [0.15, 0.2) is 12.1 Å². The van der Waals surface area contributed by atoms with Gasteiger partial charge in [0.2, 0.25) is 0 Å². The predicted molar refractivity (Wildman–Crippen MR) is 265 cm³/mol. The number of ether oxygens (including phenoxy) is 3. The van der Waals surface area contributed by atoms with Gasteiger partial charge in [-0.3, -0.25) is 9.59 Å². The van der Waals surface area contributed by atoms with Gasteiger partial charge in [0.05, 0.1) is 34.4 Å². The Balaban J connectivity index is 4.47. The van der Waals surface area contributed by atoms with Gasteiger partial charge in [-0.05, 0) is 83.5 Å². The maximum Gasteiger partial charge on any atom is 0.362 e. The van der Waals surface area contributed by atoms with Crippen molar-refractivity contribution in [3.8, 4) is 0 Å². The largest absolute Gasteiger partial charge is 0.477 e. The van der Waals surface area contributed by atoms with Gasteiger partial charge in [0.25, 0.3) is 0 Å². The SMILES string of the molecule is CCC/C=C/C=C/C=C/C=C/C=C/CCCCCCCC(=O)OC(COCCC(C(=O)O)[N+](C)(C)C)COC(=O)CCCC/C=C/C/C=C/C/C=C/C/C=C/C/C=C/CCCCC. The van der Waals surface area contributed by atoms with Crippen molar-refractivity contribution in [3.63, 3.8) is 0 Å². The van der Waals surface area contributed by atoms with E-state index >= 15 is 0 Å². The molecular formula is C55H88NO7+. The average Bonchev–Trinajstić information content (AvgIpc) is 3.24. The van der Waals surface area contributed by atoms with Crippen LogP contribution in [0.3, 0.4) is 0 Å². The number of aliphatic carboxylic acids is 1. The molecule has 0 radical (unpaired) electrons. The van der Waals surface area contributed by atoms with Crippen molar-refractivity contribution in [2.24, 2.45) is 0 Å². The van der Waals surface area contributed by atoms with E-state index < -0.39 is 18.1 Å². The Morgan fingerprint density at radius 1 is 0.492 bits per heavy atom. The molecule has 0 saturated carbocycles. The monoisotopic (exact) mass is 875 g/mol. The molecule has 0 aromatic heterocycles. The quantitative estimate of drug-likeness (QED) is 0.0215. The number of allylic oxidation sites excluding steroid dienone is 20. The van der Waals surface area contributed by atoms with Crippen LogP contribution in [0.5, 0.6) is 0 Å². The van der Waals surface area contributed by atoms with E-state index in [9.17, 15) is 19.5 Å². The summed E-state index contributed by atoms with van der Waals surface area (Å²) in [7, 11) is 5.49. The Bertz CT molecular complexity index is 1440. The first-order valence-corrected chi connectivity index (χ1v) is 24.1. The zero-order valence-electron chi connectivity index (χ0n) is 40.2. The Kier molecular flexibility index (Phi) is 41.3. The maximum atomic E-state index is 12.8. The summed E-state index contributed by atoms with van der Waals surface area (Å²) >= 11 is 0.